The first-order valence-electron chi connectivity index (χ1n) is 7.07. The lowest BCUT2D eigenvalue weighted by atomic mass is 10.1. The summed E-state index contributed by atoms with van der Waals surface area (Å²) in [5.41, 5.74) is 3.11. The van der Waals surface area contributed by atoms with Gasteiger partial charge in [-0.25, -0.2) is 4.98 Å². The normalized spacial score (nSPS) is 16.5. The third kappa shape index (κ3) is 2.73. The second kappa shape index (κ2) is 5.21. The quantitative estimate of drug-likeness (QED) is 0.919. The first-order chi connectivity index (χ1) is 9.22. The topological polar surface area (TPSA) is 41.3 Å². The number of oxazole rings is 1. The summed E-state index contributed by atoms with van der Waals surface area (Å²) in [6, 6.07) is 6.34. The SMILES string of the molecule is CC(C)Cc1nc2ccc(N3CCNCC3)cc2o1. The van der Waals surface area contributed by atoms with E-state index in [-0.39, 0.29) is 0 Å². The van der Waals surface area contributed by atoms with E-state index in [2.05, 4.69) is 47.2 Å². The summed E-state index contributed by atoms with van der Waals surface area (Å²) in [6.45, 7) is 8.57. The molecule has 0 amide bonds. The molecule has 1 aliphatic heterocycles. The maximum absolute atomic E-state index is 5.86. The van der Waals surface area contributed by atoms with E-state index in [1.165, 1.54) is 5.69 Å². The van der Waals surface area contributed by atoms with Crippen molar-refractivity contribution < 1.29 is 4.42 Å². The van der Waals surface area contributed by atoms with Crippen LogP contribution in [0.2, 0.25) is 0 Å². The Morgan fingerprint density at radius 1 is 1.32 bits per heavy atom. The van der Waals surface area contributed by atoms with Crippen LogP contribution >= 0.6 is 0 Å². The number of anilines is 1. The molecule has 0 bridgehead atoms. The van der Waals surface area contributed by atoms with Crippen LogP contribution in [0.4, 0.5) is 5.69 Å². The van der Waals surface area contributed by atoms with Crippen molar-refractivity contribution in [1.29, 1.82) is 0 Å². The van der Waals surface area contributed by atoms with Crippen LogP contribution < -0.4 is 10.2 Å². The third-order valence-corrected chi connectivity index (χ3v) is 3.48. The number of rotatable bonds is 3. The Kier molecular flexibility index (Phi) is 3.42. The minimum Gasteiger partial charge on any atom is -0.441 e. The molecule has 0 atom stereocenters. The zero-order valence-corrected chi connectivity index (χ0v) is 11.6. The number of hydrogen-bond donors (Lipinski definition) is 1. The van der Waals surface area contributed by atoms with Crippen LogP contribution in [0.25, 0.3) is 11.1 Å². The molecule has 19 heavy (non-hydrogen) atoms. The third-order valence-electron chi connectivity index (χ3n) is 3.48. The van der Waals surface area contributed by atoms with Crippen LogP contribution in [0.1, 0.15) is 19.7 Å². The van der Waals surface area contributed by atoms with E-state index in [9.17, 15) is 0 Å². The number of fused-ring (bicyclic) bond motifs is 1. The fourth-order valence-corrected chi connectivity index (χ4v) is 2.52. The molecular weight excluding hydrogens is 238 g/mol. The monoisotopic (exact) mass is 259 g/mol. The van der Waals surface area contributed by atoms with E-state index in [4.69, 9.17) is 4.42 Å². The van der Waals surface area contributed by atoms with Gasteiger partial charge in [0.1, 0.15) is 5.52 Å². The standard InChI is InChI=1S/C15H21N3O/c1-11(2)9-15-17-13-4-3-12(10-14(13)19-15)18-7-5-16-6-8-18/h3-4,10-11,16H,5-9H2,1-2H3. The molecule has 1 aromatic heterocycles. The number of nitrogens with zero attached hydrogens (tertiary/aromatic N) is 2. The molecule has 0 saturated carbocycles. The van der Waals surface area contributed by atoms with Gasteiger partial charge in [0, 0.05) is 44.4 Å². The lowest BCUT2D eigenvalue weighted by Gasteiger charge is -2.29. The molecule has 102 valence electrons. The molecule has 3 rings (SSSR count). The molecule has 1 saturated heterocycles. The highest BCUT2D eigenvalue weighted by Crippen LogP contribution is 2.24. The molecule has 4 heteroatoms. The second-order valence-electron chi connectivity index (χ2n) is 5.59. The molecule has 1 aliphatic rings. The van der Waals surface area contributed by atoms with E-state index in [1.807, 2.05) is 0 Å². The summed E-state index contributed by atoms with van der Waals surface area (Å²) in [4.78, 5) is 6.93. The van der Waals surface area contributed by atoms with Gasteiger partial charge in [-0.1, -0.05) is 13.8 Å². The number of nitrogens with one attached hydrogen (secondary N) is 1. The number of piperazine rings is 1. The van der Waals surface area contributed by atoms with Crippen LogP contribution in [-0.2, 0) is 6.42 Å². The first-order valence-corrected chi connectivity index (χ1v) is 7.07. The van der Waals surface area contributed by atoms with E-state index in [0.717, 1.165) is 49.6 Å². The van der Waals surface area contributed by atoms with E-state index < -0.39 is 0 Å². The minimum atomic E-state index is 0.570. The predicted molar refractivity (Wildman–Crippen MR) is 77.6 cm³/mol. The summed E-state index contributed by atoms with van der Waals surface area (Å²) in [6.07, 6.45) is 0.900. The molecule has 0 radical (unpaired) electrons. The van der Waals surface area contributed by atoms with Crippen molar-refractivity contribution in [3.05, 3.63) is 24.1 Å². The Labute approximate surface area is 113 Å². The summed E-state index contributed by atoms with van der Waals surface area (Å²) in [5.74, 6) is 1.42. The molecule has 2 heterocycles. The molecule has 0 unspecified atom stereocenters. The van der Waals surface area contributed by atoms with Gasteiger partial charge in [0.25, 0.3) is 0 Å². The molecule has 0 spiro atoms. The van der Waals surface area contributed by atoms with Gasteiger partial charge in [0.05, 0.1) is 0 Å². The van der Waals surface area contributed by atoms with E-state index in [1.54, 1.807) is 0 Å². The maximum Gasteiger partial charge on any atom is 0.195 e. The molecule has 1 fully saturated rings. The van der Waals surface area contributed by atoms with E-state index >= 15 is 0 Å². The molecular formula is C15H21N3O. The van der Waals surface area contributed by atoms with Gasteiger partial charge < -0.3 is 14.6 Å². The summed E-state index contributed by atoms with van der Waals surface area (Å²) in [7, 11) is 0. The fraction of sp³-hybridized carbons (Fsp3) is 0.533. The zero-order chi connectivity index (χ0) is 13.2. The average molecular weight is 259 g/mol. The Bertz CT molecular complexity index is 556. The van der Waals surface area contributed by atoms with Crippen LogP contribution in [0.3, 0.4) is 0 Å². The summed E-state index contributed by atoms with van der Waals surface area (Å²) >= 11 is 0. The number of hydrogen-bond acceptors (Lipinski definition) is 4. The predicted octanol–water partition coefficient (Wildman–Crippen LogP) is 2.44. The maximum atomic E-state index is 5.86. The van der Waals surface area contributed by atoms with Crippen molar-refractivity contribution in [3.8, 4) is 0 Å². The molecule has 0 aliphatic carbocycles. The van der Waals surface area contributed by atoms with Crippen molar-refractivity contribution in [2.45, 2.75) is 20.3 Å². The highest BCUT2D eigenvalue weighted by molar-refractivity contribution is 5.77. The Balaban J connectivity index is 1.87. The average Bonchev–Trinajstić information content (AvgIpc) is 2.79. The second-order valence-corrected chi connectivity index (χ2v) is 5.59. The highest BCUT2D eigenvalue weighted by atomic mass is 16.3. The van der Waals surface area contributed by atoms with Crippen molar-refractivity contribution in [3.63, 3.8) is 0 Å². The van der Waals surface area contributed by atoms with Crippen molar-refractivity contribution in [2.75, 3.05) is 31.1 Å². The van der Waals surface area contributed by atoms with Gasteiger partial charge in [-0.3, -0.25) is 0 Å². The van der Waals surface area contributed by atoms with Crippen molar-refractivity contribution >= 4 is 16.8 Å². The van der Waals surface area contributed by atoms with Crippen LogP contribution in [0.15, 0.2) is 22.6 Å². The van der Waals surface area contributed by atoms with Crippen LogP contribution in [-0.4, -0.2) is 31.2 Å². The molecule has 1 N–H and O–H groups in total. The molecule has 1 aromatic carbocycles. The van der Waals surface area contributed by atoms with Crippen LogP contribution in [0, 0.1) is 5.92 Å². The zero-order valence-electron chi connectivity index (χ0n) is 11.6. The Hall–Kier alpha value is -1.55. The lowest BCUT2D eigenvalue weighted by Crippen LogP contribution is -2.43. The van der Waals surface area contributed by atoms with Crippen LogP contribution in [0.5, 0.6) is 0 Å². The molecule has 2 aromatic rings. The largest absolute Gasteiger partial charge is 0.441 e. The van der Waals surface area contributed by atoms with Gasteiger partial charge in [0.15, 0.2) is 11.5 Å². The number of aromatic nitrogens is 1. The minimum absolute atomic E-state index is 0.570. The summed E-state index contributed by atoms with van der Waals surface area (Å²) in [5, 5.41) is 3.37. The van der Waals surface area contributed by atoms with Crippen molar-refractivity contribution in [2.24, 2.45) is 5.92 Å². The van der Waals surface area contributed by atoms with Crippen molar-refractivity contribution in [1.82, 2.24) is 10.3 Å². The lowest BCUT2D eigenvalue weighted by molar-refractivity contribution is 0.482. The highest BCUT2D eigenvalue weighted by Gasteiger charge is 2.13. The first kappa shape index (κ1) is 12.5. The Morgan fingerprint density at radius 2 is 2.11 bits per heavy atom. The Morgan fingerprint density at radius 3 is 2.84 bits per heavy atom. The van der Waals surface area contributed by atoms with Gasteiger partial charge in [0.2, 0.25) is 0 Å². The fourth-order valence-electron chi connectivity index (χ4n) is 2.52. The van der Waals surface area contributed by atoms with Gasteiger partial charge in [-0.2, -0.15) is 0 Å². The smallest absolute Gasteiger partial charge is 0.195 e. The van der Waals surface area contributed by atoms with E-state index in [0.29, 0.717) is 5.92 Å². The van der Waals surface area contributed by atoms with Gasteiger partial charge in [-0.15, -0.1) is 0 Å². The molecule has 4 nitrogen and oxygen atoms in total. The van der Waals surface area contributed by atoms with Gasteiger partial charge in [-0.05, 0) is 18.1 Å². The summed E-state index contributed by atoms with van der Waals surface area (Å²) < 4.78 is 5.86. The number of benzene rings is 1. The van der Waals surface area contributed by atoms with Gasteiger partial charge >= 0.3 is 0 Å².